The zero-order chi connectivity index (χ0) is 21.5. The van der Waals surface area contributed by atoms with Crippen LogP contribution in [0.3, 0.4) is 0 Å². The van der Waals surface area contributed by atoms with Crippen molar-refractivity contribution in [3.05, 3.63) is 71.0 Å². The summed E-state index contributed by atoms with van der Waals surface area (Å²) in [5, 5.41) is 22.4. The van der Waals surface area contributed by atoms with Gasteiger partial charge in [-0.05, 0) is 36.8 Å². The lowest BCUT2D eigenvalue weighted by atomic mass is 10.1. The molecule has 2 N–H and O–H groups in total. The number of nitrogens with one attached hydrogen (secondary N) is 2. The standard InChI is InChI=1S/C20H13F3N6O/c1-11-7-14-16(8-12(11)9-24)27-28-18(14)26-19(30)15-10-25-29(17(15)20(21,22)23)13-5-3-2-4-6-13/h2-8,10H,1H3,(H2,26,27,28,30). The van der Waals surface area contributed by atoms with E-state index in [2.05, 4.69) is 20.6 Å². The Balaban J connectivity index is 1.75. The molecule has 0 saturated heterocycles. The van der Waals surface area contributed by atoms with Gasteiger partial charge in [0.25, 0.3) is 5.91 Å². The van der Waals surface area contributed by atoms with E-state index in [0.29, 0.717) is 26.7 Å². The number of anilines is 1. The number of H-pyrrole nitrogens is 1. The van der Waals surface area contributed by atoms with Crippen molar-refractivity contribution >= 4 is 22.6 Å². The molecule has 0 radical (unpaired) electrons. The predicted octanol–water partition coefficient (Wildman–Crippen LogP) is 4.20. The number of nitrogens with zero attached hydrogens (tertiary/aromatic N) is 4. The molecule has 2 aromatic carbocycles. The summed E-state index contributed by atoms with van der Waals surface area (Å²) in [6, 6.07) is 13.0. The zero-order valence-electron chi connectivity index (χ0n) is 15.4. The molecule has 0 aliphatic carbocycles. The first-order chi connectivity index (χ1) is 14.3. The van der Waals surface area contributed by atoms with Gasteiger partial charge < -0.3 is 5.32 Å². The quantitative estimate of drug-likeness (QED) is 0.529. The number of rotatable bonds is 3. The minimum Gasteiger partial charge on any atom is -0.304 e. The van der Waals surface area contributed by atoms with Crippen molar-refractivity contribution in [2.75, 3.05) is 5.32 Å². The number of hydrogen-bond acceptors (Lipinski definition) is 4. The third kappa shape index (κ3) is 3.26. The van der Waals surface area contributed by atoms with Crippen LogP contribution in [0.15, 0.2) is 48.7 Å². The van der Waals surface area contributed by atoms with E-state index in [1.165, 1.54) is 12.1 Å². The van der Waals surface area contributed by atoms with Gasteiger partial charge in [-0.1, -0.05) is 18.2 Å². The summed E-state index contributed by atoms with van der Waals surface area (Å²) in [6.45, 7) is 1.71. The number of carbonyl (C=O) groups is 1. The number of aromatic nitrogens is 4. The number of benzene rings is 2. The summed E-state index contributed by atoms with van der Waals surface area (Å²) in [5.74, 6) is -0.942. The van der Waals surface area contributed by atoms with E-state index >= 15 is 0 Å². The molecule has 4 rings (SSSR count). The molecule has 1 amide bonds. The van der Waals surface area contributed by atoms with E-state index in [-0.39, 0.29) is 11.5 Å². The molecular formula is C20H13F3N6O. The smallest absolute Gasteiger partial charge is 0.304 e. The lowest BCUT2D eigenvalue weighted by Gasteiger charge is -2.12. The summed E-state index contributed by atoms with van der Waals surface area (Å²) < 4.78 is 42.0. The molecule has 0 atom stereocenters. The molecule has 150 valence electrons. The first-order valence-corrected chi connectivity index (χ1v) is 8.70. The Bertz CT molecular complexity index is 1300. The van der Waals surface area contributed by atoms with Crippen molar-refractivity contribution in [2.24, 2.45) is 0 Å². The Morgan fingerprint density at radius 1 is 1.23 bits per heavy atom. The third-order valence-corrected chi connectivity index (χ3v) is 4.54. The number of amides is 1. The number of halogens is 3. The van der Waals surface area contributed by atoms with Crippen molar-refractivity contribution in [1.82, 2.24) is 20.0 Å². The summed E-state index contributed by atoms with van der Waals surface area (Å²) in [6.07, 6.45) is -3.94. The molecule has 0 aliphatic rings. The van der Waals surface area contributed by atoms with Crippen LogP contribution < -0.4 is 5.32 Å². The van der Waals surface area contributed by atoms with Gasteiger partial charge in [-0.15, -0.1) is 0 Å². The van der Waals surface area contributed by atoms with Gasteiger partial charge in [0.1, 0.15) is 0 Å². The second kappa shape index (κ2) is 7.04. The lowest BCUT2D eigenvalue weighted by molar-refractivity contribution is -0.143. The van der Waals surface area contributed by atoms with Crippen LogP contribution in [0.5, 0.6) is 0 Å². The third-order valence-electron chi connectivity index (χ3n) is 4.54. The van der Waals surface area contributed by atoms with Gasteiger partial charge in [-0.25, -0.2) is 4.68 Å². The number of carbonyl (C=O) groups excluding carboxylic acids is 1. The lowest BCUT2D eigenvalue weighted by Crippen LogP contribution is -2.21. The van der Waals surface area contributed by atoms with Crippen molar-refractivity contribution in [3.63, 3.8) is 0 Å². The molecule has 2 heterocycles. The van der Waals surface area contributed by atoms with Crippen LogP contribution in [0.1, 0.15) is 27.2 Å². The second-order valence-electron chi connectivity index (χ2n) is 6.50. The first-order valence-electron chi connectivity index (χ1n) is 8.70. The molecule has 7 nitrogen and oxygen atoms in total. The molecule has 0 aliphatic heterocycles. The molecule has 0 saturated carbocycles. The van der Waals surface area contributed by atoms with E-state index < -0.39 is 23.3 Å². The van der Waals surface area contributed by atoms with E-state index in [0.717, 1.165) is 6.20 Å². The molecule has 30 heavy (non-hydrogen) atoms. The van der Waals surface area contributed by atoms with Crippen LogP contribution in [-0.4, -0.2) is 25.9 Å². The Kier molecular flexibility index (Phi) is 4.50. The maximum Gasteiger partial charge on any atom is 0.434 e. The van der Waals surface area contributed by atoms with Gasteiger partial charge in [-0.3, -0.25) is 9.89 Å². The molecule has 0 fully saturated rings. The molecule has 10 heteroatoms. The Hall–Kier alpha value is -4.13. The number of aromatic amines is 1. The summed E-state index contributed by atoms with van der Waals surface area (Å²) in [5.41, 5.74) is -0.0959. The summed E-state index contributed by atoms with van der Waals surface area (Å²) in [7, 11) is 0. The molecule has 0 spiro atoms. The average molecular weight is 410 g/mol. The average Bonchev–Trinajstić information content (AvgIpc) is 3.32. The van der Waals surface area contributed by atoms with Gasteiger partial charge in [0.05, 0.1) is 34.6 Å². The van der Waals surface area contributed by atoms with E-state index in [9.17, 15) is 18.0 Å². The molecular weight excluding hydrogens is 397 g/mol. The van der Waals surface area contributed by atoms with Crippen molar-refractivity contribution in [3.8, 4) is 11.8 Å². The predicted molar refractivity (Wildman–Crippen MR) is 102 cm³/mol. The van der Waals surface area contributed by atoms with Crippen LogP contribution in [0.2, 0.25) is 0 Å². The normalized spacial score (nSPS) is 11.4. The van der Waals surface area contributed by atoms with E-state index in [1.807, 2.05) is 6.07 Å². The fourth-order valence-electron chi connectivity index (χ4n) is 3.12. The molecule has 4 aromatic rings. The Morgan fingerprint density at radius 3 is 2.63 bits per heavy atom. The molecule has 2 aromatic heterocycles. The van der Waals surface area contributed by atoms with Crippen LogP contribution >= 0.6 is 0 Å². The van der Waals surface area contributed by atoms with Crippen LogP contribution in [0, 0.1) is 18.3 Å². The minimum atomic E-state index is -4.81. The number of aryl methyl sites for hydroxylation is 1. The summed E-state index contributed by atoms with van der Waals surface area (Å²) >= 11 is 0. The van der Waals surface area contributed by atoms with Crippen molar-refractivity contribution in [1.29, 1.82) is 5.26 Å². The van der Waals surface area contributed by atoms with Gasteiger partial charge in [0, 0.05) is 5.39 Å². The number of para-hydroxylation sites is 1. The van der Waals surface area contributed by atoms with Gasteiger partial charge in [0.15, 0.2) is 11.5 Å². The van der Waals surface area contributed by atoms with Gasteiger partial charge in [-0.2, -0.15) is 28.6 Å². The van der Waals surface area contributed by atoms with Crippen LogP contribution in [0.4, 0.5) is 19.0 Å². The monoisotopic (exact) mass is 410 g/mol. The highest BCUT2D eigenvalue weighted by Crippen LogP contribution is 2.34. The largest absolute Gasteiger partial charge is 0.434 e. The van der Waals surface area contributed by atoms with E-state index in [4.69, 9.17) is 5.26 Å². The van der Waals surface area contributed by atoms with Gasteiger partial charge >= 0.3 is 6.18 Å². The Labute approximate surface area is 167 Å². The van der Waals surface area contributed by atoms with Crippen LogP contribution in [-0.2, 0) is 6.18 Å². The second-order valence-corrected chi connectivity index (χ2v) is 6.50. The SMILES string of the molecule is Cc1cc2c(NC(=O)c3cnn(-c4ccccc4)c3C(F)(F)F)n[nH]c2cc1C#N. The maximum atomic E-state index is 13.8. The van der Waals surface area contributed by atoms with E-state index in [1.54, 1.807) is 37.3 Å². The highest BCUT2D eigenvalue weighted by atomic mass is 19.4. The zero-order valence-corrected chi connectivity index (χ0v) is 15.4. The van der Waals surface area contributed by atoms with Gasteiger partial charge in [0.2, 0.25) is 0 Å². The first kappa shape index (κ1) is 19.2. The van der Waals surface area contributed by atoms with Crippen LogP contribution in [0.25, 0.3) is 16.6 Å². The molecule has 0 unspecified atom stereocenters. The number of fused-ring (bicyclic) bond motifs is 1. The summed E-state index contributed by atoms with van der Waals surface area (Å²) in [4.78, 5) is 12.7. The minimum absolute atomic E-state index is 0.0585. The number of nitriles is 1. The molecule has 0 bridgehead atoms. The highest BCUT2D eigenvalue weighted by molar-refractivity contribution is 6.08. The fourth-order valence-corrected chi connectivity index (χ4v) is 3.12. The topological polar surface area (TPSA) is 99.4 Å². The maximum absolute atomic E-state index is 13.8. The fraction of sp³-hybridized carbons (Fsp3) is 0.100. The Morgan fingerprint density at radius 2 is 1.97 bits per heavy atom. The highest BCUT2D eigenvalue weighted by Gasteiger charge is 2.40. The number of alkyl halides is 3. The number of hydrogen-bond donors (Lipinski definition) is 2. The van der Waals surface area contributed by atoms with Crippen molar-refractivity contribution < 1.29 is 18.0 Å². The van der Waals surface area contributed by atoms with Crippen molar-refractivity contribution in [2.45, 2.75) is 13.1 Å².